The van der Waals surface area contributed by atoms with Gasteiger partial charge in [0.15, 0.2) is 0 Å². The lowest BCUT2D eigenvalue weighted by Crippen LogP contribution is -2.48. The molecule has 2 heterocycles. The quantitative estimate of drug-likeness (QED) is 0.710. The van der Waals surface area contributed by atoms with Crippen LogP contribution in [0.2, 0.25) is 0 Å². The molecule has 0 radical (unpaired) electrons. The molecular formula is C22H25FN4O. The van der Waals surface area contributed by atoms with E-state index in [1.165, 1.54) is 11.6 Å². The zero-order valence-electron chi connectivity index (χ0n) is 16.0. The van der Waals surface area contributed by atoms with Gasteiger partial charge < -0.3 is 10.3 Å². The molecule has 6 heteroatoms. The zero-order valence-corrected chi connectivity index (χ0v) is 16.0. The van der Waals surface area contributed by atoms with Gasteiger partial charge in [-0.3, -0.25) is 9.69 Å². The Labute approximate surface area is 164 Å². The molecule has 0 aliphatic carbocycles. The first kappa shape index (κ1) is 18.6. The van der Waals surface area contributed by atoms with Gasteiger partial charge in [0, 0.05) is 6.54 Å². The lowest BCUT2D eigenvalue weighted by atomic mass is 10.0. The maximum Gasteiger partial charge on any atom is 0.237 e. The van der Waals surface area contributed by atoms with E-state index >= 15 is 0 Å². The van der Waals surface area contributed by atoms with Crippen LogP contribution in [0.5, 0.6) is 0 Å². The molecule has 3 aromatic rings. The van der Waals surface area contributed by atoms with Gasteiger partial charge in [-0.1, -0.05) is 24.6 Å². The van der Waals surface area contributed by atoms with Crippen molar-refractivity contribution < 1.29 is 9.18 Å². The number of amides is 1. The number of likely N-dealkylation sites (tertiary alicyclic amines) is 1. The van der Waals surface area contributed by atoms with Crippen molar-refractivity contribution in [1.82, 2.24) is 20.2 Å². The predicted molar refractivity (Wildman–Crippen MR) is 107 cm³/mol. The Kier molecular flexibility index (Phi) is 5.39. The van der Waals surface area contributed by atoms with Gasteiger partial charge in [-0.2, -0.15) is 0 Å². The third-order valence-corrected chi connectivity index (χ3v) is 5.31. The first-order valence-electron chi connectivity index (χ1n) is 9.80. The molecule has 1 aliphatic rings. The molecule has 2 aromatic carbocycles. The molecule has 1 amide bonds. The fraction of sp³-hybridized carbons (Fsp3) is 0.364. The molecule has 0 spiro atoms. The number of nitrogens with one attached hydrogen (secondary N) is 2. The van der Waals surface area contributed by atoms with Crippen LogP contribution in [0, 0.1) is 12.7 Å². The highest BCUT2D eigenvalue weighted by atomic mass is 19.1. The number of H-pyrrole nitrogens is 1. The van der Waals surface area contributed by atoms with Gasteiger partial charge in [0.25, 0.3) is 0 Å². The Morgan fingerprint density at radius 2 is 2.18 bits per heavy atom. The smallest absolute Gasteiger partial charge is 0.237 e. The van der Waals surface area contributed by atoms with Gasteiger partial charge >= 0.3 is 0 Å². The van der Waals surface area contributed by atoms with E-state index in [-0.39, 0.29) is 17.8 Å². The second kappa shape index (κ2) is 8.10. The highest BCUT2D eigenvalue weighted by Crippen LogP contribution is 2.20. The number of imidazole rings is 1. The van der Waals surface area contributed by atoms with Crippen LogP contribution >= 0.6 is 0 Å². The number of hydrogen-bond donors (Lipinski definition) is 2. The van der Waals surface area contributed by atoms with Crippen molar-refractivity contribution in [1.29, 1.82) is 0 Å². The van der Waals surface area contributed by atoms with Crippen LogP contribution in [0.15, 0.2) is 42.5 Å². The van der Waals surface area contributed by atoms with Crippen LogP contribution in [0.4, 0.5) is 4.39 Å². The fourth-order valence-corrected chi connectivity index (χ4v) is 3.90. The van der Waals surface area contributed by atoms with E-state index in [4.69, 9.17) is 0 Å². The molecule has 1 unspecified atom stereocenters. The number of aromatic nitrogens is 2. The molecule has 2 N–H and O–H groups in total. The lowest BCUT2D eigenvalue weighted by molar-refractivity contribution is -0.128. The summed E-state index contributed by atoms with van der Waals surface area (Å²) in [5.41, 5.74) is 3.95. The average Bonchev–Trinajstić information content (AvgIpc) is 3.08. The zero-order chi connectivity index (χ0) is 19.5. The first-order valence-corrected chi connectivity index (χ1v) is 9.80. The topological polar surface area (TPSA) is 61.0 Å². The second-order valence-electron chi connectivity index (χ2n) is 7.53. The van der Waals surface area contributed by atoms with E-state index in [0.29, 0.717) is 13.1 Å². The van der Waals surface area contributed by atoms with Gasteiger partial charge in [0.2, 0.25) is 5.91 Å². The van der Waals surface area contributed by atoms with E-state index in [9.17, 15) is 9.18 Å². The molecule has 1 aromatic heterocycles. The van der Waals surface area contributed by atoms with Crippen LogP contribution in [0.3, 0.4) is 0 Å². The minimum atomic E-state index is -0.240. The third kappa shape index (κ3) is 4.22. The summed E-state index contributed by atoms with van der Waals surface area (Å²) in [4.78, 5) is 22.8. The summed E-state index contributed by atoms with van der Waals surface area (Å²) in [5, 5.41) is 3.02. The normalized spacial score (nSPS) is 17.7. The molecule has 1 fully saturated rings. The molecule has 28 heavy (non-hydrogen) atoms. The number of benzene rings is 2. The van der Waals surface area contributed by atoms with Crippen LogP contribution in [-0.4, -0.2) is 33.4 Å². The molecule has 0 bridgehead atoms. The van der Waals surface area contributed by atoms with Crippen molar-refractivity contribution in [3.05, 3.63) is 65.2 Å². The van der Waals surface area contributed by atoms with Crippen molar-refractivity contribution in [2.75, 3.05) is 6.54 Å². The molecule has 1 atom stereocenters. The van der Waals surface area contributed by atoms with Crippen LogP contribution in [-0.2, 0) is 17.9 Å². The van der Waals surface area contributed by atoms with Crippen molar-refractivity contribution >= 4 is 16.9 Å². The Morgan fingerprint density at radius 1 is 1.29 bits per heavy atom. The summed E-state index contributed by atoms with van der Waals surface area (Å²) >= 11 is 0. The third-order valence-electron chi connectivity index (χ3n) is 5.31. The number of aryl methyl sites for hydroxylation is 1. The number of nitrogens with zero attached hydrogens (tertiary/aromatic N) is 2. The Balaban J connectivity index is 1.41. The van der Waals surface area contributed by atoms with Gasteiger partial charge in [0.05, 0.1) is 23.6 Å². The van der Waals surface area contributed by atoms with Crippen LogP contribution in [0.1, 0.15) is 36.2 Å². The Bertz CT molecular complexity index is 984. The van der Waals surface area contributed by atoms with E-state index in [0.717, 1.165) is 48.2 Å². The standard InChI is InChI=1S/C22H25FN4O/c1-15-8-9-18-19(11-15)26-21(25-18)13-24-22(28)20-7-2-3-10-27(20)14-16-5-4-6-17(23)12-16/h4-6,8-9,11-12,20H,2-3,7,10,13-14H2,1H3,(H,24,28)(H,25,26). The molecule has 5 nitrogen and oxygen atoms in total. The van der Waals surface area contributed by atoms with Gasteiger partial charge in [0.1, 0.15) is 11.6 Å². The number of hydrogen-bond acceptors (Lipinski definition) is 3. The number of fused-ring (bicyclic) bond motifs is 1. The number of piperidine rings is 1. The molecular weight excluding hydrogens is 355 g/mol. The Morgan fingerprint density at radius 3 is 3.04 bits per heavy atom. The minimum Gasteiger partial charge on any atom is -0.348 e. The Hall–Kier alpha value is -2.73. The van der Waals surface area contributed by atoms with E-state index in [1.54, 1.807) is 12.1 Å². The summed E-state index contributed by atoms with van der Waals surface area (Å²) in [7, 11) is 0. The van der Waals surface area contributed by atoms with E-state index < -0.39 is 0 Å². The van der Waals surface area contributed by atoms with Gasteiger partial charge in [-0.25, -0.2) is 9.37 Å². The lowest BCUT2D eigenvalue weighted by Gasteiger charge is -2.34. The van der Waals surface area contributed by atoms with Crippen LogP contribution in [0.25, 0.3) is 11.0 Å². The van der Waals surface area contributed by atoms with Gasteiger partial charge in [-0.05, 0) is 61.7 Å². The summed E-state index contributed by atoms with van der Waals surface area (Å²) in [6.07, 6.45) is 2.91. The highest BCUT2D eigenvalue weighted by Gasteiger charge is 2.28. The summed E-state index contributed by atoms with van der Waals surface area (Å²) in [6, 6.07) is 12.5. The molecule has 146 valence electrons. The maximum atomic E-state index is 13.5. The number of rotatable bonds is 5. The number of carbonyl (C=O) groups excluding carboxylic acids is 1. The molecule has 1 saturated heterocycles. The predicted octanol–water partition coefficient (Wildman–Crippen LogP) is 3.68. The maximum absolute atomic E-state index is 13.5. The molecule has 1 aliphatic heterocycles. The fourth-order valence-electron chi connectivity index (χ4n) is 3.90. The average molecular weight is 380 g/mol. The number of carbonyl (C=O) groups is 1. The largest absolute Gasteiger partial charge is 0.348 e. The van der Waals surface area contributed by atoms with Crippen molar-refractivity contribution in [3.8, 4) is 0 Å². The van der Waals surface area contributed by atoms with E-state index in [1.807, 2.05) is 25.1 Å². The van der Waals surface area contributed by atoms with E-state index in [2.05, 4.69) is 26.3 Å². The molecule has 4 rings (SSSR count). The minimum absolute atomic E-state index is 0.00717. The van der Waals surface area contributed by atoms with Crippen LogP contribution < -0.4 is 5.32 Å². The first-order chi connectivity index (χ1) is 13.6. The monoisotopic (exact) mass is 380 g/mol. The SMILES string of the molecule is Cc1ccc2nc(CNC(=O)C3CCCCN3Cc3cccc(F)c3)[nH]c2c1. The van der Waals surface area contributed by atoms with Gasteiger partial charge in [-0.15, -0.1) is 0 Å². The second-order valence-corrected chi connectivity index (χ2v) is 7.53. The van der Waals surface area contributed by atoms with Crippen molar-refractivity contribution in [3.63, 3.8) is 0 Å². The summed E-state index contributed by atoms with van der Waals surface area (Å²) in [6.45, 7) is 3.84. The number of aromatic amines is 1. The summed E-state index contributed by atoms with van der Waals surface area (Å²) in [5.74, 6) is 0.518. The summed E-state index contributed by atoms with van der Waals surface area (Å²) < 4.78 is 13.5. The number of halogens is 1. The molecule has 0 saturated carbocycles. The van der Waals surface area contributed by atoms with Crippen molar-refractivity contribution in [2.45, 2.75) is 45.3 Å². The van der Waals surface area contributed by atoms with Crippen molar-refractivity contribution in [2.24, 2.45) is 0 Å². The highest BCUT2D eigenvalue weighted by molar-refractivity contribution is 5.82.